The first-order valence-electron chi connectivity index (χ1n) is 7.50. The topological polar surface area (TPSA) is 57.6 Å². The lowest BCUT2D eigenvalue weighted by molar-refractivity contribution is -0.141. The van der Waals surface area contributed by atoms with E-state index in [4.69, 9.17) is 0 Å². The highest BCUT2D eigenvalue weighted by Gasteiger charge is 2.27. The van der Waals surface area contributed by atoms with Crippen LogP contribution in [0, 0.1) is 13.8 Å². The average molecular weight is 311 g/mol. The van der Waals surface area contributed by atoms with Gasteiger partial charge in [-0.15, -0.1) is 0 Å². The maximum absolute atomic E-state index is 12.6. The summed E-state index contributed by atoms with van der Waals surface area (Å²) in [7, 11) is 1.54. The summed E-state index contributed by atoms with van der Waals surface area (Å²) in [6.45, 7) is 3.84. The van der Waals surface area contributed by atoms with Crippen LogP contribution in [0.5, 0.6) is 0 Å². The van der Waals surface area contributed by atoms with Gasteiger partial charge in [0.05, 0.1) is 0 Å². The van der Waals surface area contributed by atoms with Gasteiger partial charge >= 0.3 is 5.97 Å². The molecule has 0 aromatic heterocycles. The summed E-state index contributed by atoms with van der Waals surface area (Å²) in [4.78, 5) is 25.6. The number of hydrogen-bond acceptors (Lipinski definition) is 2. The molecule has 1 atom stereocenters. The molecule has 4 nitrogen and oxygen atoms in total. The fraction of sp³-hybridized carbons (Fsp3) is 0.263. The first kappa shape index (κ1) is 16.7. The first-order valence-corrected chi connectivity index (χ1v) is 7.50. The Bertz CT molecular complexity index is 690. The summed E-state index contributed by atoms with van der Waals surface area (Å²) in [6, 6.07) is 14.0. The van der Waals surface area contributed by atoms with Gasteiger partial charge in [-0.1, -0.05) is 47.5 Å². The van der Waals surface area contributed by atoms with E-state index in [-0.39, 0.29) is 12.3 Å². The van der Waals surface area contributed by atoms with Crippen LogP contribution in [0.3, 0.4) is 0 Å². The van der Waals surface area contributed by atoms with Crippen LogP contribution in [0.25, 0.3) is 0 Å². The summed E-state index contributed by atoms with van der Waals surface area (Å²) in [5.41, 5.74) is 3.37. The molecule has 2 aromatic rings. The molecule has 1 unspecified atom stereocenters. The molecule has 4 heteroatoms. The monoisotopic (exact) mass is 311 g/mol. The average Bonchev–Trinajstić information content (AvgIpc) is 2.51. The van der Waals surface area contributed by atoms with Crippen molar-refractivity contribution in [1.29, 1.82) is 0 Å². The van der Waals surface area contributed by atoms with Crippen molar-refractivity contribution in [3.63, 3.8) is 0 Å². The van der Waals surface area contributed by atoms with E-state index in [0.29, 0.717) is 5.56 Å². The van der Waals surface area contributed by atoms with Gasteiger partial charge in [-0.05, 0) is 31.5 Å². The van der Waals surface area contributed by atoms with Crippen LogP contribution in [0.15, 0.2) is 48.5 Å². The minimum atomic E-state index is -1.01. The zero-order valence-corrected chi connectivity index (χ0v) is 13.6. The van der Waals surface area contributed by atoms with E-state index in [1.165, 1.54) is 4.90 Å². The molecule has 0 fully saturated rings. The smallest absolute Gasteiger partial charge is 0.326 e. The van der Waals surface area contributed by atoms with Gasteiger partial charge in [-0.2, -0.15) is 0 Å². The molecule has 0 aliphatic rings. The number of aliphatic carboxylic acids is 1. The zero-order valence-electron chi connectivity index (χ0n) is 13.6. The summed E-state index contributed by atoms with van der Waals surface area (Å²) >= 11 is 0. The summed E-state index contributed by atoms with van der Waals surface area (Å²) < 4.78 is 0. The largest absolute Gasteiger partial charge is 0.480 e. The lowest BCUT2D eigenvalue weighted by Gasteiger charge is -2.25. The Labute approximate surface area is 136 Å². The van der Waals surface area contributed by atoms with Crippen molar-refractivity contribution in [2.24, 2.45) is 0 Å². The Balaban J connectivity index is 2.25. The lowest BCUT2D eigenvalue weighted by Crippen LogP contribution is -2.43. The summed E-state index contributed by atoms with van der Waals surface area (Å²) in [5.74, 6) is -1.28. The Morgan fingerprint density at radius 1 is 1.04 bits per heavy atom. The van der Waals surface area contributed by atoms with Gasteiger partial charge in [0.25, 0.3) is 5.91 Å². The normalized spacial score (nSPS) is 11.8. The van der Waals surface area contributed by atoms with Crippen LogP contribution >= 0.6 is 0 Å². The number of carbonyl (C=O) groups is 2. The maximum Gasteiger partial charge on any atom is 0.326 e. The van der Waals surface area contributed by atoms with Crippen molar-refractivity contribution in [2.75, 3.05) is 7.05 Å². The molecule has 1 amide bonds. The van der Waals surface area contributed by atoms with Crippen molar-refractivity contribution in [3.05, 3.63) is 70.8 Å². The Morgan fingerprint density at radius 2 is 1.61 bits per heavy atom. The van der Waals surface area contributed by atoms with Crippen molar-refractivity contribution < 1.29 is 14.7 Å². The van der Waals surface area contributed by atoms with Gasteiger partial charge in [-0.3, -0.25) is 4.79 Å². The standard InChI is InChI=1S/C19H21NO3/c1-13-9-14(2)11-16(10-13)18(21)20(3)17(19(22)23)12-15-7-5-4-6-8-15/h4-11,17H,12H2,1-3H3,(H,22,23). The highest BCUT2D eigenvalue weighted by Crippen LogP contribution is 2.15. The van der Waals surface area contributed by atoms with Crippen LogP contribution in [0.4, 0.5) is 0 Å². The fourth-order valence-corrected chi connectivity index (χ4v) is 2.67. The summed E-state index contributed by atoms with van der Waals surface area (Å²) in [6.07, 6.45) is 0.281. The minimum Gasteiger partial charge on any atom is -0.480 e. The number of rotatable bonds is 5. The van der Waals surface area contributed by atoms with E-state index in [1.807, 2.05) is 50.2 Å². The first-order chi connectivity index (χ1) is 10.9. The molecule has 0 bridgehead atoms. The van der Waals surface area contributed by atoms with Gasteiger partial charge in [0.2, 0.25) is 0 Å². The Kier molecular flexibility index (Phi) is 5.16. The van der Waals surface area contributed by atoms with Gasteiger partial charge in [0.15, 0.2) is 0 Å². The van der Waals surface area contributed by atoms with Crippen molar-refractivity contribution in [1.82, 2.24) is 4.90 Å². The molecule has 0 heterocycles. The second-order valence-electron chi connectivity index (χ2n) is 5.84. The molecule has 0 saturated heterocycles. The predicted octanol–water partition coefficient (Wildman–Crippen LogP) is 3.07. The quantitative estimate of drug-likeness (QED) is 0.923. The Hall–Kier alpha value is -2.62. The summed E-state index contributed by atoms with van der Waals surface area (Å²) in [5, 5.41) is 9.52. The van der Waals surface area contributed by atoms with E-state index >= 15 is 0 Å². The minimum absolute atomic E-state index is 0.278. The van der Waals surface area contributed by atoms with Crippen LogP contribution in [0.2, 0.25) is 0 Å². The second kappa shape index (κ2) is 7.09. The number of nitrogens with zero attached hydrogens (tertiary/aromatic N) is 1. The Morgan fingerprint density at radius 3 is 2.13 bits per heavy atom. The second-order valence-corrected chi connectivity index (χ2v) is 5.84. The third-order valence-electron chi connectivity index (χ3n) is 3.81. The number of carbonyl (C=O) groups excluding carboxylic acids is 1. The molecule has 120 valence electrons. The molecule has 1 N–H and O–H groups in total. The molecule has 0 saturated carbocycles. The highest BCUT2D eigenvalue weighted by atomic mass is 16.4. The van der Waals surface area contributed by atoms with E-state index in [0.717, 1.165) is 16.7 Å². The van der Waals surface area contributed by atoms with Crippen molar-refractivity contribution in [2.45, 2.75) is 26.3 Å². The van der Waals surface area contributed by atoms with Gasteiger partial charge in [0, 0.05) is 19.0 Å². The fourth-order valence-electron chi connectivity index (χ4n) is 2.67. The van der Waals surface area contributed by atoms with E-state index < -0.39 is 12.0 Å². The van der Waals surface area contributed by atoms with Crippen LogP contribution in [-0.2, 0) is 11.2 Å². The zero-order chi connectivity index (χ0) is 17.0. The number of likely N-dealkylation sites (N-methyl/N-ethyl adjacent to an activating group) is 1. The van der Waals surface area contributed by atoms with Crippen molar-refractivity contribution >= 4 is 11.9 Å². The molecule has 0 spiro atoms. The van der Waals surface area contributed by atoms with Gasteiger partial charge < -0.3 is 10.0 Å². The number of carboxylic acids is 1. The van der Waals surface area contributed by atoms with E-state index in [2.05, 4.69) is 0 Å². The van der Waals surface area contributed by atoms with Crippen LogP contribution in [-0.4, -0.2) is 35.0 Å². The van der Waals surface area contributed by atoms with E-state index in [9.17, 15) is 14.7 Å². The molecule has 0 radical (unpaired) electrons. The van der Waals surface area contributed by atoms with Crippen LogP contribution in [0.1, 0.15) is 27.0 Å². The number of benzene rings is 2. The van der Waals surface area contributed by atoms with Crippen molar-refractivity contribution in [3.8, 4) is 0 Å². The maximum atomic E-state index is 12.6. The molecular weight excluding hydrogens is 290 g/mol. The number of hydrogen-bond donors (Lipinski definition) is 1. The highest BCUT2D eigenvalue weighted by molar-refractivity contribution is 5.96. The lowest BCUT2D eigenvalue weighted by atomic mass is 10.0. The number of carboxylic acid groups (broad SMARTS) is 1. The molecular formula is C19H21NO3. The van der Waals surface area contributed by atoms with Gasteiger partial charge in [-0.25, -0.2) is 4.79 Å². The molecule has 0 aliphatic carbocycles. The molecule has 23 heavy (non-hydrogen) atoms. The molecule has 0 aliphatic heterocycles. The molecule has 2 rings (SSSR count). The predicted molar refractivity (Wildman–Crippen MR) is 89.6 cm³/mol. The number of amides is 1. The van der Waals surface area contributed by atoms with E-state index in [1.54, 1.807) is 19.2 Å². The molecule has 2 aromatic carbocycles. The third kappa shape index (κ3) is 4.19. The SMILES string of the molecule is Cc1cc(C)cc(C(=O)N(C)C(Cc2ccccc2)C(=O)O)c1. The third-order valence-corrected chi connectivity index (χ3v) is 3.81. The van der Waals surface area contributed by atoms with Crippen LogP contribution < -0.4 is 0 Å². The number of aryl methyl sites for hydroxylation is 2. The van der Waals surface area contributed by atoms with Gasteiger partial charge in [0.1, 0.15) is 6.04 Å².